The third-order valence-corrected chi connectivity index (χ3v) is 5.62. The average molecular weight is 461 g/mol. The van der Waals surface area contributed by atoms with Gasteiger partial charge in [0, 0.05) is 25.6 Å². The van der Waals surface area contributed by atoms with Crippen molar-refractivity contribution >= 4 is 12.1 Å². The van der Waals surface area contributed by atoms with Crippen LogP contribution in [0.15, 0.2) is 28.8 Å². The number of aryl methyl sites for hydroxylation is 1. The number of nitrogens with zero attached hydrogens (tertiary/aromatic N) is 2. The quantitative estimate of drug-likeness (QED) is 0.594. The number of hydrogen-bond acceptors (Lipinski definition) is 7. The number of carbonyl (C=O) groups is 2. The van der Waals surface area contributed by atoms with Crippen molar-refractivity contribution in [2.75, 3.05) is 26.8 Å². The van der Waals surface area contributed by atoms with E-state index in [1.807, 2.05) is 12.1 Å². The van der Waals surface area contributed by atoms with Gasteiger partial charge in [-0.25, -0.2) is 4.79 Å². The monoisotopic (exact) mass is 460 g/mol. The van der Waals surface area contributed by atoms with E-state index in [0.29, 0.717) is 48.3 Å². The minimum absolute atomic E-state index is 0.0593. The van der Waals surface area contributed by atoms with Crippen LogP contribution in [0, 0.1) is 18.8 Å². The Hall–Kier alpha value is -3.07. The predicted molar refractivity (Wildman–Crippen MR) is 120 cm³/mol. The summed E-state index contributed by atoms with van der Waals surface area (Å²) in [6.07, 6.45) is 0.599. The number of hydrogen-bond donors (Lipinski definition) is 1. The number of amides is 1. The molecule has 180 valence electrons. The number of aliphatic carboxylic acids is 1. The molecule has 1 fully saturated rings. The molecule has 2 atom stereocenters. The number of carbonyl (C=O) groups excluding carboxylic acids is 1. The molecular formula is C24H32N2O7. The molecule has 9 nitrogen and oxygen atoms in total. The van der Waals surface area contributed by atoms with Gasteiger partial charge < -0.3 is 28.7 Å². The number of rotatable bonds is 9. The van der Waals surface area contributed by atoms with E-state index in [1.165, 1.54) is 0 Å². The standard InChI is InChI=1S/C24H32N2O7/c1-15(2)9-10-26(4)24(29)31-14-21-16(3)25-33-22(21)17-5-7-19(8-6-17)32-20-11-18(23(27)28)12-30-13-20/h5-8,15,18,20H,9-14H2,1-4H3,(H,27,28)/t18-,20+/m1/s1. The minimum atomic E-state index is -0.876. The summed E-state index contributed by atoms with van der Waals surface area (Å²) in [5.41, 5.74) is 2.13. The molecule has 0 radical (unpaired) electrons. The summed E-state index contributed by atoms with van der Waals surface area (Å²) in [5, 5.41) is 13.2. The van der Waals surface area contributed by atoms with Gasteiger partial charge in [0.2, 0.25) is 0 Å². The number of carboxylic acid groups (broad SMARTS) is 1. The first kappa shape index (κ1) is 24.6. The zero-order chi connectivity index (χ0) is 24.0. The van der Waals surface area contributed by atoms with Crippen molar-refractivity contribution in [1.29, 1.82) is 0 Å². The maximum atomic E-state index is 12.3. The van der Waals surface area contributed by atoms with Crippen LogP contribution in [0.3, 0.4) is 0 Å². The van der Waals surface area contributed by atoms with Crippen LogP contribution in [-0.2, 0) is 20.9 Å². The highest BCUT2D eigenvalue weighted by atomic mass is 16.6. The number of aromatic nitrogens is 1. The van der Waals surface area contributed by atoms with Crippen molar-refractivity contribution in [3.05, 3.63) is 35.5 Å². The van der Waals surface area contributed by atoms with E-state index in [9.17, 15) is 14.7 Å². The Morgan fingerprint density at radius 1 is 1.24 bits per heavy atom. The second-order valence-corrected chi connectivity index (χ2v) is 8.81. The van der Waals surface area contributed by atoms with Crippen molar-refractivity contribution in [3.8, 4) is 17.1 Å². The summed E-state index contributed by atoms with van der Waals surface area (Å²) < 4.78 is 22.2. The number of ether oxygens (including phenoxy) is 3. The van der Waals surface area contributed by atoms with Gasteiger partial charge in [0.25, 0.3) is 0 Å². The molecule has 1 saturated heterocycles. The minimum Gasteiger partial charge on any atom is -0.488 e. The molecule has 1 aromatic heterocycles. The topological polar surface area (TPSA) is 111 Å². The van der Waals surface area contributed by atoms with E-state index >= 15 is 0 Å². The maximum absolute atomic E-state index is 12.3. The number of carboxylic acids is 1. The average Bonchev–Trinajstić information content (AvgIpc) is 3.16. The van der Waals surface area contributed by atoms with E-state index < -0.39 is 11.9 Å². The Morgan fingerprint density at radius 2 is 1.97 bits per heavy atom. The van der Waals surface area contributed by atoms with Crippen LogP contribution in [0.25, 0.3) is 11.3 Å². The fraction of sp³-hybridized carbons (Fsp3) is 0.542. The largest absolute Gasteiger partial charge is 0.488 e. The first-order chi connectivity index (χ1) is 15.7. The molecule has 9 heteroatoms. The molecule has 0 aliphatic carbocycles. The predicted octanol–water partition coefficient (Wildman–Crippen LogP) is 4.13. The molecule has 33 heavy (non-hydrogen) atoms. The lowest BCUT2D eigenvalue weighted by molar-refractivity contribution is -0.149. The maximum Gasteiger partial charge on any atom is 0.409 e. The Morgan fingerprint density at radius 3 is 2.64 bits per heavy atom. The van der Waals surface area contributed by atoms with E-state index in [-0.39, 0.29) is 25.4 Å². The molecule has 3 rings (SSSR count). The lowest BCUT2D eigenvalue weighted by Crippen LogP contribution is -2.37. The second kappa shape index (κ2) is 11.2. The van der Waals surface area contributed by atoms with Crippen LogP contribution in [0.4, 0.5) is 4.79 Å². The summed E-state index contributed by atoms with van der Waals surface area (Å²) in [5.74, 6) is 0.204. The summed E-state index contributed by atoms with van der Waals surface area (Å²) in [4.78, 5) is 25.1. The SMILES string of the molecule is Cc1noc(-c2ccc(O[C@@H]3COC[C@H](C(=O)O)C3)cc2)c1COC(=O)N(C)CCC(C)C. The van der Waals surface area contributed by atoms with Crippen molar-refractivity contribution in [2.45, 2.75) is 46.3 Å². The third-order valence-electron chi connectivity index (χ3n) is 5.62. The molecule has 0 spiro atoms. The molecule has 1 aromatic carbocycles. The Kier molecular flexibility index (Phi) is 8.32. The highest BCUT2D eigenvalue weighted by Crippen LogP contribution is 2.29. The zero-order valence-corrected chi connectivity index (χ0v) is 19.6. The summed E-state index contributed by atoms with van der Waals surface area (Å²) in [6.45, 7) is 7.28. The Balaban J connectivity index is 1.61. The molecule has 1 N–H and O–H groups in total. The summed E-state index contributed by atoms with van der Waals surface area (Å²) >= 11 is 0. The number of benzene rings is 1. The van der Waals surface area contributed by atoms with Gasteiger partial charge in [-0.3, -0.25) is 4.79 Å². The van der Waals surface area contributed by atoms with Gasteiger partial charge in [-0.15, -0.1) is 0 Å². The molecule has 1 amide bonds. The molecule has 1 aliphatic rings. The zero-order valence-electron chi connectivity index (χ0n) is 19.6. The second-order valence-electron chi connectivity index (χ2n) is 8.81. The highest BCUT2D eigenvalue weighted by Gasteiger charge is 2.29. The van der Waals surface area contributed by atoms with Crippen LogP contribution in [-0.4, -0.2) is 60.1 Å². The fourth-order valence-corrected chi connectivity index (χ4v) is 3.50. The first-order valence-electron chi connectivity index (χ1n) is 11.1. The van der Waals surface area contributed by atoms with Crippen LogP contribution < -0.4 is 4.74 Å². The van der Waals surface area contributed by atoms with Gasteiger partial charge in [-0.2, -0.15) is 0 Å². The van der Waals surface area contributed by atoms with Gasteiger partial charge in [0.05, 0.1) is 30.4 Å². The smallest absolute Gasteiger partial charge is 0.409 e. The van der Waals surface area contributed by atoms with E-state index in [1.54, 1.807) is 31.0 Å². The molecule has 0 unspecified atom stereocenters. The molecule has 2 aromatic rings. The molecular weight excluding hydrogens is 428 g/mol. The van der Waals surface area contributed by atoms with Crippen molar-refractivity contribution in [1.82, 2.24) is 10.1 Å². The van der Waals surface area contributed by atoms with Crippen LogP contribution in [0.1, 0.15) is 37.9 Å². The third kappa shape index (κ3) is 6.71. The Labute approximate surface area is 193 Å². The molecule has 1 aliphatic heterocycles. The molecule has 0 saturated carbocycles. The normalized spacial score (nSPS) is 18.2. The van der Waals surface area contributed by atoms with Crippen molar-refractivity contribution in [2.24, 2.45) is 11.8 Å². The van der Waals surface area contributed by atoms with E-state index in [2.05, 4.69) is 19.0 Å². The highest BCUT2D eigenvalue weighted by molar-refractivity contribution is 5.70. The molecule has 0 bridgehead atoms. The van der Waals surface area contributed by atoms with Crippen LogP contribution in [0.2, 0.25) is 0 Å². The summed E-state index contributed by atoms with van der Waals surface area (Å²) in [7, 11) is 1.72. The van der Waals surface area contributed by atoms with Gasteiger partial charge in [0.1, 0.15) is 18.5 Å². The molecule has 2 heterocycles. The lowest BCUT2D eigenvalue weighted by Gasteiger charge is -2.27. The first-order valence-corrected chi connectivity index (χ1v) is 11.1. The van der Waals surface area contributed by atoms with Gasteiger partial charge in [-0.1, -0.05) is 19.0 Å². The van der Waals surface area contributed by atoms with Gasteiger partial charge in [0.15, 0.2) is 5.76 Å². The van der Waals surface area contributed by atoms with Gasteiger partial charge in [-0.05, 0) is 43.5 Å². The summed E-state index contributed by atoms with van der Waals surface area (Å²) in [6, 6.07) is 7.22. The fourth-order valence-electron chi connectivity index (χ4n) is 3.50. The van der Waals surface area contributed by atoms with Crippen LogP contribution in [0.5, 0.6) is 5.75 Å². The van der Waals surface area contributed by atoms with E-state index in [0.717, 1.165) is 12.0 Å². The van der Waals surface area contributed by atoms with Crippen molar-refractivity contribution in [3.63, 3.8) is 0 Å². The Bertz CT molecular complexity index is 939. The van der Waals surface area contributed by atoms with Crippen molar-refractivity contribution < 1.29 is 33.4 Å². The lowest BCUT2D eigenvalue weighted by atomic mass is 10.0. The van der Waals surface area contributed by atoms with Gasteiger partial charge >= 0.3 is 12.1 Å². The van der Waals surface area contributed by atoms with Crippen LogP contribution >= 0.6 is 0 Å². The van der Waals surface area contributed by atoms with E-state index in [4.69, 9.17) is 18.7 Å².